The predicted octanol–water partition coefficient (Wildman–Crippen LogP) is 2.06. The van der Waals surface area contributed by atoms with Gasteiger partial charge in [0.15, 0.2) is 5.82 Å². The van der Waals surface area contributed by atoms with Crippen molar-refractivity contribution >= 4 is 9.84 Å². The van der Waals surface area contributed by atoms with Gasteiger partial charge in [0.1, 0.15) is 5.82 Å². The van der Waals surface area contributed by atoms with Crippen LogP contribution in [0.5, 0.6) is 0 Å². The second-order valence-corrected chi connectivity index (χ2v) is 7.63. The van der Waals surface area contributed by atoms with Crippen LogP contribution >= 0.6 is 0 Å². The lowest BCUT2D eigenvalue weighted by Gasteiger charge is -2.14. The Labute approximate surface area is 134 Å². The average molecular weight is 339 g/mol. The standard InChI is InChI=1S/C15H18FN3O3S/c1-2-23(20,21)15-18-17-14(11-5-7-12(16)8-6-11)19(15)10-13-4-3-9-22-13/h5-8,13H,2-4,9-10H2,1H3/t13-/m0/s1. The Bertz CT molecular complexity index is 781. The molecule has 0 N–H and O–H groups in total. The summed E-state index contributed by atoms with van der Waals surface area (Å²) in [5.41, 5.74) is 0.620. The Kier molecular flexibility index (Phi) is 4.45. The van der Waals surface area contributed by atoms with Crippen LogP contribution in [0.15, 0.2) is 29.4 Å². The molecule has 0 unspecified atom stereocenters. The zero-order valence-corrected chi connectivity index (χ0v) is 13.6. The SMILES string of the molecule is CCS(=O)(=O)c1nnc(-c2ccc(F)cc2)n1C[C@@H]1CCCO1. The van der Waals surface area contributed by atoms with Crippen molar-refractivity contribution in [3.05, 3.63) is 30.1 Å². The summed E-state index contributed by atoms with van der Waals surface area (Å²) in [6, 6.07) is 5.75. The van der Waals surface area contributed by atoms with Crippen molar-refractivity contribution in [1.82, 2.24) is 14.8 Å². The quantitative estimate of drug-likeness (QED) is 0.833. The van der Waals surface area contributed by atoms with Gasteiger partial charge >= 0.3 is 0 Å². The van der Waals surface area contributed by atoms with Gasteiger partial charge in [-0.05, 0) is 37.1 Å². The summed E-state index contributed by atoms with van der Waals surface area (Å²) in [4.78, 5) is 0. The number of sulfone groups is 1. The molecule has 3 rings (SSSR count). The fourth-order valence-corrected chi connectivity index (χ4v) is 3.54. The summed E-state index contributed by atoms with van der Waals surface area (Å²) in [6.45, 7) is 2.61. The van der Waals surface area contributed by atoms with Crippen molar-refractivity contribution < 1.29 is 17.5 Å². The monoisotopic (exact) mass is 339 g/mol. The summed E-state index contributed by atoms with van der Waals surface area (Å²) in [5.74, 6) is -0.00653. The third-order valence-electron chi connectivity index (χ3n) is 3.89. The molecule has 23 heavy (non-hydrogen) atoms. The molecule has 1 aromatic carbocycles. The molecule has 1 saturated heterocycles. The molecule has 1 aliphatic rings. The lowest BCUT2D eigenvalue weighted by molar-refractivity contribution is 0.0952. The second kappa shape index (κ2) is 6.37. The van der Waals surface area contributed by atoms with E-state index in [-0.39, 0.29) is 22.8 Å². The molecule has 124 valence electrons. The Morgan fingerprint density at radius 2 is 2.04 bits per heavy atom. The highest BCUT2D eigenvalue weighted by atomic mass is 32.2. The van der Waals surface area contributed by atoms with Gasteiger partial charge in [-0.25, -0.2) is 12.8 Å². The first-order chi connectivity index (χ1) is 11.0. The normalized spacial score (nSPS) is 18.4. The minimum absolute atomic E-state index is 0.0555. The highest BCUT2D eigenvalue weighted by Gasteiger charge is 2.27. The van der Waals surface area contributed by atoms with Crippen LogP contribution in [0.2, 0.25) is 0 Å². The average Bonchev–Trinajstić information content (AvgIpc) is 3.19. The molecule has 1 fully saturated rings. The summed E-state index contributed by atoms with van der Waals surface area (Å²) in [6.07, 6.45) is 1.76. The lowest BCUT2D eigenvalue weighted by Crippen LogP contribution is -2.20. The van der Waals surface area contributed by atoms with Gasteiger partial charge < -0.3 is 4.74 Å². The molecule has 0 bridgehead atoms. The molecule has 0 aliphatic carbocycles. The number of aromatic nitrogens is 3. The Morgan fingerprint density at radius 3 is 2.65 bits per heavy atom. The molecule has 0 amide bonds. The molecular weight excluding hydrogens is 321 g/mol. The van der Waals surface area contributed by atoms with Crippen LogP contribution in [0.1, 0.15) is 19.8 Å². The van der Waals surface area contributed by atoms with Crippen molar-refractivity contribution in [3.63, 3.8) is 0 Å². The van der Waals surface area contributed by atoms with E-state index in [4.69, 9.17) is 4.74 Å². The molecule has 6 nitrogen and oxygen atoms in total. The Morgan fingerprint density at radius 1 is 1.30 bits per heavy atom. The van der Waals surface area contributed by atoms with Gasteiger partial charge in [-0.2, -0.15) is 0 Å². The van der Waals surface area contributed by atoms with Crippen molar-refractivity contribution in [3.8, 4) is 11.4 Å². The summed E-state index contributed by atoms with van der Waals surface area (Å²) in [7, 11) is -3.51. The number of ether oxygens (including phenoxy) is 1. The molecule has 1 aliphatic heterocycles. The van der Waals surface area contributed by atoms with Gasteiger partial charge in [0.05, 0.1) is 18.4 Å². The first-order valence-electron chi connectivity index (χ1n) is 7.55. The fraction of sp³-hybridized carbons (Fsp3) is 0.467. The van der Waals surface area contributed by atoms with E-state index in [1.54, 1.807) is 23.6 Å². The largest absolute Gasteiger partial charge is 0.376 e. The summed E-state index contributed by atoms with van der Waals surface area (Å²) in [5, 5.41) is 7.84. The van der Waals surface area contributed by atoms with Crippen molar-refractivity contribution in [2.24, 2.45) is 0 Å². The third kappa shape index (κ3) is 3.28. The highest BCUT2D eigenvalue weighted by Crippen LogP contribution is 2.24. The Balaban J connectivity index is 2.06. The first kappa shape index (κ1) is 16.1. The maximum Gasteiger partial charge on any atom is 0.250 e. The van der Waals surface area contributed by atoms with Gasteiger partial charge in [-0.3, -0.25) is 4.57 Å². The van der Waals surface area contributed by atoms with E-state index in [9.17, 15) is 12.8 Å². The van der Waals surface area contributed by atoms with E-state index in [1.807, 2.05) is 0 Å². The number of halogens is 1. The molecular formula is C15H18FN3O3S. The van der Waals surface area contributed by atoms with E-state index >= 15 is 0 Å². The smallest absolute Gasteiger partial charge is 0.250 e. The minimum Gasteiger partial charge on any atom is -0.376 e. The number of hydrogen-bond donors (Lipinski definition) is 0. The molecule has 8 heteroatoms. The van der Waals surface area contributed by atoms with E-state index in [1.165, 1.54) is 12.1 Å². The maximum atomic E-state index is 13.1. The van der Waals surface area contributed by atoms with Gasteiger partial charge in [0.2, 0.25) is 15.0 Å². The van der Waals surface area contributed by atoms with Crippen LogP contribution in [0.25, 0.3) is 11.4 Å². The van der Waals surface area contributed by atoms with E-state index < -0.39 is 9.84 Å². The topological polar surface area (TPSA) is 74.1 Å². The molecule has 2 heterocycles. The van der Waals surface area contributed by atoms with Crippen LogP contribution in [-0.2, 0) is 21.1 Å². The van der Waals surface area contributed by atoms with E-state index in [0.717, 1.165) is 12.8 Å². The zero-order valence-electron chi connectivity index (χ0n) is 12.8. The number of hydrogen-bond acceptors (Lipinski definition) is 5. The number of rotatable bonds is 5. The lowest BCUT2D eigenvalue weighted by atomic mass is 10.2. The van der Waals surface area contributed by atoms with Gasteiger partial charge in [0.25, 0.3) is 0 Å². The minimum atomic E-state index is -3.51. The van der Waals surface area contributed by atoms with Crippen LogP contribution in [-0.4, -0.2) is 41.6 Å². The first-order valence-corrected chi connectivity index (χ1v) is 9.20. The Hall–Kier alpha value is -1.80. The fourth-order valence-electron chi connectivity index (χ4n) is 2.62. The summed E-state index contributed by atoms with van der Waals surface area (Å²) < 4.78 is 44.8. The predicted molar refractivity (Wildman–Crippen MR) is 82.1 cm³/mol. The van der Waals surface area contributed by atoms with Crippen molar-refractivity contribution in [1.29, 1.82) is 0 Å². The maximum absolute atomic E-state index is 13.1. The van der Waals surface area contributed by atoms with Crippen LogP contribution < -0.4 is 0 Å². The number of nitrogens with zero attached hydrogens (tertiary/aromatic N) is 3. The molecule has 0 spiro atoms. The molecule has 0 saturated carbocycles. The van der Waals surface area contributed by atoms with Gasteiger partial charge in [0, 0.05) is 12.2 Å². The van der Waals surface area contributed by atoms with Gasteiger partial charge in [-0.15, -0.1) is 10.2 Å². The van der Waals surface area contributed by atoms with Crippen LogP contribution in [0, 0.1) is 5.82 Å². The van der Waals surface area contributed by atoms with Crippen LogP contribution in [0.4, 0.5) is 4.39 Å². The van der Waals surface area contributed by atoms with Crippen LogP contribution in [0.3, 0.4) is 0 Å². The molecule has 0 radical (unpaired) electrons. The van der Waals surface area contributed by atoms with E-state index in [2.05, 4.69) is 10.2 Å². The molecule has 1 aromatic heterocycles. The summed E-state index contributed by atoms with van der Waals surface area (Å²) >= 11 is 0. The highest BCUT2D eigenvalue weighted by molar-refractivity contribution is 7.91. The number of benzene rings is 1. The molecule has 1 atom stereocenters. The van der Waals surface area contributed by atoms with E-state index in [0.29, 0.717) is 24.5 Å². The van der Waals surface area contributed by atoms with Gasteiger partial charge in [-0.1, -0.05) is 6.92 Å². The zero-order chi connectivity index (χ0) is 16.4. The molecule has 2 aromatic rings. The van der Waals surface area contributed by atoms with Crippen molar-refractivity contribution in [2.75, 3.05) is 12.4 Å². The third-order valence-corrected chi connectivity index (χ3v) is 5.51. The second-order valence-electron chi connectivity index (χ2n) is 5.46. The van der Waals surface area contributed by atoms with Crippen molar-refractivity contribution in [2.45, 2.75) is 37.6 Å².